The Morgan fingerprint density at radius 2 is 2.32 bits per heavy atom. The Labute approximate surface area is 115 Å². The van der Waals surface area contributed by atoms with Crippen LogP contribution in [0.4, 0.5) is 0 Å². The van der Waals surface area contributed by atoms with Gasteiger partial charge in [-0.25, -0.2) is 0 Å². The third-order valence-corrected chi connectivity index (χ3v) is 4.67. The minimum Gasteiger partial charge on any atom is -0.461 e. The van der Waals surface area contributed by atoms with Crippen LogP contribution < -0.4 is 0 Å². The fraction of sp³-hybridized carbons (Fsp3) is 0.462. The SMILES string of the molecule is Cn1c(S[C@@H]2CCCCC2=O)nnc1-c1ccco1. The highest BCUT2D eigenvalue weighted by atomic mass is 32.2. The van der Waals surface area contributed by atoms with Crippen molar-refractivity contribution >= 4 is 17.5 Å². The van der Waals surface area contributed by atoms with E-state index in [1.165, 1.54) is 11.8 Å². The van der Waals surface area contributed by atoms with Crippen molar-refractivity contribution in [1.29, 1.82) is 0 Å². The molecule has 6 heteroatoms. The van der Waals surface area contributed by atoms with Crippen LogP contribution in [0.15, 0.2) is 28.0 Å². The van der Waals surface area contributed by atoms with Gasteiger partial charge in [-0.15, -0.1) is 10.2 Å². The number of rotatable bonds is 3. The zero-order valence-electron chi connectivity index (χ0n) is 10.7. The lowest BCUT2D eigenvalue weighted by Gasteiger charge is -2.18. The summed E-state index contributed by atoms with van der Waals surface area (Å²) < 4.78 is 7.21. The molecule has 0 radical (unpaired) electrons. The summed E-state index contributed by atoms with van der Waals surface area (Å²) in [6.45, 7) is 0. The van der Waals surface area contributed by atoms with Crippen LogP contribution in [0.2, 0.25) is 0 Å². The topological polar surface area (TPSA) is 60.9 Å². The predicted molar refractivity (Wildman–Crippen MR) is 71.8 cm³/mol. The van der Waals surface area contributed by atoms with Crippen LogP contribution in [0.5, 0.6) is 0 Å². The van der Waals surface area contributed by atoms with Crippen molar-refractivity contribution < 1.29 is 9.21 Å². The molecule has 0 N–H and O–H groups in total. The molecule has 5 nitrogen and oxygen atoms in total. The summed E-state index contributed by atoms with van der Waals surface area (Å²) in [6, 6.07) is 3.67. The number of carbonyl (C=O) groups excluding carboxylic acids is 1. The van der Waals surface area contributed by atoms with Crippen LogP contribution in [-0.2, 0) is 11.8 Å². The van der Waals surface area contributed by atoms with E-state index in [-0.39, 0.29) is 5.25 Å². The lowest BCUT2D eigenvalue weighted by atomic mass is 9.99. The van der Waals surface area contributed by atoms with Gasteiger partial charge in [0.15, 0.2) is 16.7 Å². The molecule has 1 aliphatic carbocycles. The number of nitrogens with zero attached hydrogens (tertiary/aromatic N) is 3. The maximum Gasteiger partial charge on any atom is 0.200 e. The van der Waals surface area contributed by atoms with Crippen LogP contribution in [0, 0.1) is 0 Å². The summed E-state index contributed by atoms with van der Waals surface area (Å²) >= 11 is 1.52. The van der Waals surface area contributed by atoms with Gasteiger partial charge in [-0.05, 0) is 25.0 Å². The van der Waals surface area contributed by atoms with E-state index in [9.17, 15) is 4.79 Å². The monoisotopic (exact) mass is 277 g/mol. The molecule has 0 unspecified atom stereocenters. The minimum atomic E-state index is 0.0288. The minimum absolute atomic E-state index is 0.0288. The van der Waals surface area contributed by atoms with E-state index in [4.69, 9.17) is 4.42 Å². The van der Waals surface area contributed by atoms with E-state index in [2.05, 4.69) is 10.2 Å². The molecule has 2 aromatic rings. The molecule has 1 aliphatic rings. The van der Waals surface area contributed by atoms with Gasteiger partial charge >= 0.3 is 0 Å². The lowest BCUT2D eigenvalue weighted by Crippen LogP contribution is -2.21. The van der Waals surface area contributed by atoms with Gasteiger partial charge in [0.1, 0.15) is 5.78 Å². The van der Waals surface area contributed by atoms with Crippen LogP contribution in [0.25, 0.3) is 11.6 Å². The first-order chi connectivity index (χ1) is 9.25. The van der Waals surface area contributed by atoms with Gasteiger partial charge < -0.3 is 8.98 Å². The van der Waals surface area contributed by atoms with Crippen molar-refractivity contribution in [1.82, 2.24) is 14.8 Å². The molecule has 0 bridgehead atoms. The van der Waals surface area contributed by atoms with Crippen LogP contribution >= 0.6 is 11.8 Å². The number of hydrogen-bond donors (Lipinski definition) is 0. The number of thioether (sulfide) groups is 1. The van der Waals surface area contributed by atoms with Crippen molar-refractivity contribution in [2.75, 3.05) is 0 Å². The van der Waals surface area contributed by atoms with E-state index in [1.54, 1.807) is 6.26 Å². The van der Waals surface area contributed by atoms with Gasteiger partial charge in [-0.1, -0.05) is 18.2 Å². The highest BCUT2D eigenvalue weighted by molar-refractivity contribution is 8.00. The summed E-state index contributed by atoms with van der Waals surface area (Å²) in [4.78, 5) is 11.8. The number of aromatic nitrogens is 3. The van der Waals surface area contributed by atoms with E-state index in [1.807, 2.05) is 23.7 Å². The number of hydrogen-bond acceptors (Lipinski definition) is 5. The van der Waals surface area contributed by atoms with Gasteiger partial charge in [0, 0.05) is 13.5 Å². The molecular formula is C13H15N3O2S. The van der Waals surface area contributed by atoms with Gasteiger partial charge in [0.05, 0.1) is 11.5 Å². The lowest BCUT2D eigenvalue weighted by molar-refractivity contribution is -0.119. The normalized spacial score (nSPS) is 19.8. The average molecular weight is 277 g/mol. The van der Waals surface area contributed by atoms with E-state index in [0.29, 0.717) is 23.8 Å². The molecule has 0 saturated heterocycles. The molecule has 0 aromatic carbocycles. The van der Waals surface area contributed by atoms with Gasteiger partial charge in [0.2, 0.25) is 0 Å². The largest absolute Gasteiger partial charge is 0.461 e. The van der Waals surface area contributed by atoms with Gasteiger partial charge in [-0.3, -0.25) is 4.79 Å². The van der Waals surface area contributed by atoms with Crippen molar-refractivity contribution in [3.05, 3.63) is 18.4 Å². The van der Waals surface area contributed by atoms with E-state index in [0.717, 1.165) is 24.4 Å². The first kappa shape index (κ1) is 12.5. The second-order valence-electron chi connectivity index (χ2n) is 4.66. The van der Waals surface area contributed by atoms with Crippen molar-refractivity contribution in [2.45, 2.75) is 36.1 Å². The molecule has 0 amide bonds. The van der Waals surface area contributed by atoms with Gasteiger partial charge in [-0.2, -0.15) is 0 Å². The standard InChI is InChI=1S/C13H15N3O2S/c1-16-12(10-6-4-8-18-10)14-15-13(16)19-11-7-3-2-5-9(11)17/h4,6,8,11H,2-3,5,7H2,1H3/t11-/m1/s1. The number of ketones is 1. The fourth-order valence-corrected chi connectivity index (χ4v) is 3.36. The fourth-order valence-electron chi connectivity index (χ4n) is 2.24. The summed E-state index contributed by atoms with van der Waals surface area (Å²) in [6.07, 6.45) is 5.38. The van der Waals surface area contributed by atoms with E-state index >= 15 is 0 Å². The van der Waals surface area contributed by atoms with Crippen LogP contribution in [0.3, 0.4) is 0 Å². The molecule has 100 valence electrons. The third-order valence-electron chi connectivity index (χ3n) is 3.32. The molecule has 19 heavy (non-hydrogen) atoms. The second kappa shape index (κ2) is 5.21. The summed E-state index contributed by atoms with van der Waals surface area (Å²) in [5.41, 5.74) is 0. The Bertz CT molecular complexity index is 577. The molecular weight excluding hydrogens is 262 g/mol. The third kappa shape index (κ3) is 2.45. The van der Waals surface area contributed by atoms with Gasteiger partial charge in [0.25, 0.3) is 0 Å². The smallest absolute Gasteiger partial charge is 0.200 e. The zero-order valence-corrected chi connectivity index (χ0v) is 11.5. The molecule has 2 aromatic heterocycles. The summed E-state index contributed by atoms with van der Waals surface area (Å²) in [5, 5.41) is 9.10. The average Bonchev–Trinajstić information content (AvgIpc) is 3.03. The number of furan rings is 1. The maximum absolute atomic E-state index is 11.8. The Balaban J connectivity index is 1.80. The van der Waals surface area contributed by atoms with Crippen molar-refractivity contribution in [3.8, 4) is 11.6 Å². The molecule has 1 fully saturated rings. The molecule has 1 atom stereocenters. The predicted octanol–water partition coefficient (Wildman–Crippen LogP) is 2.68. The highest BCUT2D eigenvalue weighted by Crippen LogP contribution is 2.31. The summed E-state index contributed by atoms with van der Waals surface area (Å²) in [7, 11) is 1.90. The Kier molecular flexibility index (Phi) is 3.42. The van der Waals surface area contributed by atoms with E-state index < -0.39 is 0 Å². The summed E-state index contributed by atoms with van der Waals surface area (Å²) in [5.74, 6) is 1.71. The highest BCUT2D eigenvalue weighted by Gasteiger charge is 2.25. The van der Waals surface area contributed by atoms with Crippen LogP contribution in [0.1, 0.15) is 25.7 Å². The molecule has 0 spiro atoms. The number of Topliss-reactive ketones (excluding diaryl/α,β-unsaturated/α-hetero) is 1. The molecule has 2 heterocycles. The first-order valence-corrected chi connectivity index (χ1v) is 7.26. The van der Waals surface area contributed by atoms with Crippen molar-refractivity contribution in [2.24, 2.45) is 7.05 Å². The number of carbonyl (C=O) groups is 1. The van der Waals surface area contributed by atoms with Crippen molar-refractivity contribution in [3.63, 3.8) is 0 Å². The Morgan fingerprint density at radius 3 is 3.05 bits per heavy atom. The quantitative estimate of drug-likeness (QED) is 0.863. The Hall–Kier alpha value is -1.56. The Morgan fingerprint density at radius 1 is 1.42 bits per heavy atom. The zero-order chi connectivity index (χ0) is 13.2. The molecule has 1 saturated carbocycles. The first-order valence-electron chi connectivity index (χ1n) is 6.38. The molecule has 0 aliphatic heterocycles. The molecule has 3 rings (SSSR count). The maximum atomic E-state index is 11.8. The second-order valence-corrected chi connectivity index (χ2v) is 5.83. The van der Waals surface area contributed by atoms with Crippen LogP contribution in [-0.4, -0.2) is 25.8 Å².